The van der Waals surface area contributed by atoms with Crippen LogP contribution in [0.3, 0.4) is 0 Å². The van der Waals surface area contributed by atoms with Crippen LogP contribution in [0.5, 0.6) is 23.0 Å². The summed E-state index contributed by atoms with van der Waals surface area (Å²) in [5, 5.41) is 44.1. The van der Waals surface area contributed by atoms with E-state index in [9.17, 15) is 39.6 Å². The molecule has 5 heterocycles. The smallest absolute Gasteiger partial charge is 0.657 e. The maximum absolute atomic E-state index is 11.0. The van der Waals surface area contributed by atoms with Crippen molar-refractivity contribution in [1.82, 2.24) is 19.9 Å². The molecule has 7 aromatic rings. The third-order valence-corrected chi connectivity index (χ3v) is 12.4. The number of nitrogens with zero attached hydrogens (tertiary/aromatic N) is 4. The summed E-state index contributed by atoms with van der Waals surface area (Å²) in [4.78, 5) is 65.4. The van der Waals surface area contributed by atoms with Gasteiger partial charge >= 0.3 is 226 Å². The number of hydrogen-bond donors (Lipinski definition) is 0. The number of carboxylic acids is 4. The average molecular weight is 1280 g/mol. The van der Waals surface area contributed by atoms with E-state index in [4.69, 9.17) is 38.9 Å². The Balaban J connectivity index is 0.00000282. The van der Waals surface area contributed by atoms with Gasteiger partial charge in [-0.1, -0.05) is 72.8 Å². The molecular formula is C60H48K4N4O12Pd. The molecule has 0 amide bonds. The fraction of sp³-hybridized carbons (Fsp3) is 0.200. The minimum Gasteiger partial charge on any atom is -0.657 e. The van der Waals surface area contributed by atoms with E-state index in [1.807, 2.05) is 146 Å². The molecular weight excluding hydrogens is 1230 g/mol. The van der Waals surface area contributed by atoms with Crippen LogP contribution in [-0.2, 0) is 39.6 Å². The van der Waals surface area contributed by atoms with Gasteiger partial charge in [-0.05, 0) is 169 Å². The quantitative estimate of drug-likeness (QED) is 0.0404. The number of aromatic nitrogens is 4. The number of fused-ring (bicyclic) bond motifs is 8. The first-order valence-corrected chi connectivity index (χ1v) is 24.7. The Morgan fingerprint density at radius 1 is 0.333 bits per heavy atom. The van der Waals surface area contributed by atoms with Gasteiger partial charge in [0.15, 0.2) is 0 Å². The second-order valence-electron chi connectivity index (χ2n) is 17.8. The van der Waals surface area contributed by atoms with Crippen LogP contribution in [-0.4, -0.2) is 60.3 Å². The molecule has 21 heteroatoms. The minimum atomic E-state index is -1.14. The number of rotatable bonds is 24. The summed E-state index contributed by atoms with van der Waals surface area (Å²) in [5.74, 6) is -2.37. The molecule has 8 bridgehead atoms. The second kappa shape index (κ2) is 35.4. The van der Waals surface area contributed by atoms with E-state index >= 15 is 0 Å². The van der Waals surface area contributed by atoms with E-state index in [0.717, 1.165) is 22.3 Å². The summed E-state index contributed by atoms with van der Waals surface area (Å²) in [6, 6.07) is 37.5. The van der Waals surface area contributed by atoms with E-state index in [-0.39, 0.29) is 278 Å². The first-order valence-electron chi connectivity index (χ1n) is 24.7. The number of benzene rings is 4. The van der Waals surface area contributed by atoms with Gasteiger partial charge in [0, 0.05) is 23.9 Å². The van der Waals surface area contributed by atoms with Crippen LogP contribution in [0.2, 0.25) is 0 Å². The van der Waals surface area contributed by atoms with Crippen molar-refractivity contribution in [3.05, 3.63) is 144 Å². The maximum atomic E-state index is 11.0. The third-order valence-electron chi connectivity index (χ3n) is 12.4. The van der Waals surface area contributed by atoms with Crippen molar-refractivity contribution in [3.63, 3.8) is 0 Å². The molecule has 2 aliphatic rings. The van der Waals surface area contributed by atoms with E-state index in [0.29, 0.717) is 116 Å². The van der Waals surface area contributed by atoms with Gasteiger partial charge in [0.25, 0.3) is 0 Å². The van der Waals surface area contributed by atoms with Gasteiger partial charge in [-0.15, -0.1) is 22.1 Å². The molecule has 0 N–H and O–H groups in total. The third kappa shape index (κ3) is 19.9. The van der Waals surface area contributed by atoms with E-state index < -0.39 is 23.9 Å². The zero-order chi connectivity index (χ0) is 53.0. The Hall–Kier alpha value is -2.23. The van der Waals surface area contributed by atoms with Crippen LogP contribution in [0, 0.1) is 0 Å². The molecule has 0 saturated heterocycles. The molecule has 16 nitrogen and oxygen atoms in total. The van der Waals surface area contributed by atoms with Gasteiger partial charge in [-0.25, -0.2) is 9.97 Å². The monoisotopic (exact) mass is 1280 g/mol. The molecule has 0 spiro atoms. The molecule has 81 heavy (non-hydrogen) atoms. The number of ether oxygens (including phenoxy) is 4. The predicted molar refractivity (Wildman–Crippen MR) is 277 cm³/mol. The zero-order valence-corrected chi connectivity index (χ0v) is 59.4. The Morgan fingerprint density at radius 3 is 0.716 bits per heavy atom. The number of hydrogen-bond acceptors (Lipinski definition) is 14. The van der Waals surface area contributed by atoms with Gasteiger partial charge < -0.3 is 68.5 Å². The van der Waals surface area contributed by atoms with Crippen LogP contribution >= 0.6 is 0 Å². The van der Waals surface area contributed by atoms with Gasteiger partial charge in [0.2, 0.25) is 0 Å². The molecule has 0 radical (unpaired) electrons. The Labute approximate surface area is 652 Å². The van der Waals surface area contributed by atoms with E-state index in [2.05, 4.69) is 0 Å². The molecule has 0 aliphatic carbocycles. The zero-order valence-electron chi connectivity index (χ0n) is 45.3. The van der Waals surface area contributed by atoms with Crippen molar-refractivity contribution in [1.29, 1.82) is 0 Å². The summed E-state index contributed by atoms with van der Waals surface area (Å²) >= 11 is 0. The molecule has 9 rings (SSSR count). The summed E-state index contributed by atoms with van der Waals surface area (Å²) in [6.07, 6.45) is 8.40. The Kier molecular flexibility index (Phi) is 31.1. The SMILES string of the molecule is O=C([O-])CCCOc1ccc(-c2c3nc(c(-c4ccc(OCCCC(=O)[O-])cc4)c4ccc([n-]4)c(-c4ccc(OCCCC(=O)[O-])cc4)c4nc(c(-c5ccc(OCCCC(=O)[O-])cc5)c5ccc2[n-]5)C=C4)C=C3)cc1.[K+].[K+].[K+].[K+].[Pd+2]. The van der Waals surface area contributed by atoms with Crippen LogP contribution in [0.1, 0.15) is 74.1 Å². The first-order chi connectivity index (χ1) is 36.9. The molecule has 0 atom stereocenters. The number of carbonyl (C=O) groups excluding carboxylic acids is 4. The molecule has 394 valence electrons. The van der Waals surface area contributed by atoms with Crippen molar-refractivity contribution in [2.45, 2.75) is 51.4 Å². The van der Waals surface area contributed by atoms with Gasteiger partial charge in [0.05, 0.1) is 49.2 Å². The molecule has 2 aliphatic heterocycles. The predicted octanol–water partition coefficient (Wildman–Crippen LogP) is -5.77. The molecule has 0 unspecified atom stereocenters. The molecule has 3 aromatic heterocycles. The van der Waals surface area contributed by atoms with Crippen LogP contribution in [0.15, 0.2) is 121 Å². The van der Waals surface area contributed by atoms with Crippen molar-refractivity contribution in [3.8, 4) is 67.5 Å². The standard InChI is InChI=1S/C60H54N4O12.4K.Pd/c65-53(66)5-1-33-73-41-17-9-37(10-18-41)57-45-25-27-47(61-45)58(38-11-19-42(20-12-38)74-34-2-6-54(67)68)49-29-31-51(63-49)60(40-15-23-44(24-16-40)76-36-4-8-56(71)72)52-32-30-50(64-52)59(48-28-26-46(57)62-48)39-13-21-43(22-14-39)75-35-3-7-55(69)70;;;;;/h9-32H,1-8,33-36H2,(H6,61,62,63,64,65,66,67,68,69,70,71,72);;;;;/q;4*+1;+2/p-6. The van der Waals surface area contributed by atoms with Crippen molar-refractivity contribution in [2.24, 2.45) is 0 Å². The topological polar surface area (TPSA) is 251 Å². The van der Waals surface area contributed by atoms with Crippen molar-refractivity contribution < 1.29 is 285 Å². The average Bonchev–Trinajstić information content (AvgIpc) is 4.28. The summed E-state index contributed by atoms with van der Waals surface area (Å²) < 4.78 is 23.5. The minimum absolute atomic E-state index is 0. The first kappa shape index (κ1) is 71.2. The molecule has 0 fully saturated rings. The van der Waals surface area contributed by atoms with E-state index in [1.165, 1.54) is 0 Å². The van der Waals surface area contributed by atoms with Crippen molar-refractivity contribution >= 4 is 70.2 Å². The van der Waals surface area contributed by atoms with Gasteiger partial charge in [-0.2, -0.15) is 0 Å². The van der Waals surface area contributed by atoms with Gasteiger partial charge in [-0.3, -0.25) is 0 Å². The Bertz CT molecular complexity index is 3060. The summed E-state index contributed by atoms with van der Waals surface area (Å²) in [7, 11) is 0. The Morgan fingerprint density at radius 2 is 0.531 bits per heavy atom. The van der Waals surface area contributed by atoms with Crippen molar-refractivity contribution in [2.75, 3.05) is 26.4 Å². The second-order valence-corrected chi connectivity index (χ2v) is 17.8. The summed E-state index contributed by atoms with van der Waals surface area (Å²) in [5.41, 5.74) is 10.8. The summed E-state index contributed by atoms with van der Waals surface area (Å²) in [6.45, 7) is 0.774. The molecule has 0 saturated carbocycles. The van der Waals surface area contributed by atoms with Gasteiger partial charge in [0.1, 0.15) is 23.0 Å². The fourth-order valence-electron chi connectivity index (χ4n) is 8.77. The largest absolute Gasteiger partial charge is 2.00 e. The number of carboxylic acid groups (broad SMARTS) is 4. The van der Waals surface area contributed by atoms with E-state index in [1.54, 1.807) is 0 Å². The van der Waals surface area contributed by atoms with Crippen LogP contribution < -0.4 is 255 Å². The maximum Gasteiger partial charge on any atom is 2.00 e. The number of carbonyl (C=O) groups is 4. The number of aliphatic carboxylic acids is 4. The normalized spacial score (nSPS) is 10.9. The molecule has 4 aromatic carbocycles. The van der Waals surface area contributed by atoms with Crippen LogP contribution in [0.4, 0.5) is 0 Å². The van der Waals surface area contributed by atoms with Crippen LogP contribution in [0.25, 0.3) is 90.9 Å². The fourth-order valence-corrected chi connectivity index (χ4v) is 8.77.